The first-order valence-electron chi connectivity index (χ1n) is 45.8. The number of rotatable bonds is 44. The maximum atomic E-state index is 11.4. The monoisotopic (exact) mass is 1870 g/mol. The summed E-state index contributed by atoms with van der Waals surface area (Å²) < 4.78 is 49.7. The van der Waals surface area contributed by atoms with Crippen molar-refractivity contribution in [1.82, 2.24) is 31.9 Å². The van der Waals surface area contributed by atoms with Crippen molar-refractivity contribution in [2.24, 2.45) is 52.3 Å². The average Bonchev–Trinajstić information content (AvgIpc) is 1.62. The van der Waals surface area contributed by atoms with Gasteiger partial charge >= 0.3 is 29.8 Å². The second-order valence-corrected chi connectivity index (χ2v) is 38.1. The number of esters is 4. The highest BCUT2D eigenvalue weighted by molar-refractivity contribution is 7.99. The van der Waals surface area contributed by atoms with E-state index < -0.39 is 5.97 Å². The van der Waals surface area contributed by atoms with E-state index in [0.29, 0.717) is 89.7 Å². The quantitative estimate of drug-likeness (QED) is 0.0184. The van der Waals surface area contributed by atoms with Crippen molar-refractivity contribution in [3.63, 3.8) is 0 Å². The van der Waals surface area contributed by atoms with Gasteiger partial charge in [0.05, 0.1) is 88.2 Å². The minimum absolute atomic E-state index is 0.00618. The number of carboxylic acids is 1. The first-order valence-corrected chi connectivity index (χ1v) is 49.5. The van der Waals surface area contributed by atoms with Crippen molar-refractivity contribution in [3.05, 3.63) is 70.8 Å². The summed E-state index contributed by atoms with van der Waals surface area (Å²) in [6, 6.07) is 16.3. The lowest BCUT2D eigenvalue weighted by atomic mass is 9.75. The molecule has 0 heterocycles. The van der Waals surface area contributed by atoms with E-state index in [0.717, 1.165) is 102 Å². The summed E-state index contributed by atoms with van der Waals surface area (Å²) >= 11 is 5.07. The van der Waals surface area contributed by atoms with Crippen molar-refractivity contribution >= 4 is 101 Å². The lowest BCUT2D eigenvalue weighted by molar-refractivity contribution is -0.158. The molecule has 0 saturated heterocycles. The van der Waals surface area contributed by atoms with Crippen LogP contribution in [0.4, 0.5) is 0 Å². The van der Waals surface area contributed by atoms with Crippen LogP contribution in [0.5, 0.6) is 0 Å². The number of benzene rings is 2. The standard InChI is InChI=1S/C17H30N2O2.C14H26O6S.2C12H16N2O2.C10H20O4S.C10H16.C9H18O2.C7H14O2.C6H14O2S/c1-12(20)18-16-7-3-14(4-8-16)11-15-5-9-17(10-6-15)19-13(2)21;1-18-10-12(19-2)11-21-9-7-14(17)20-8-5-3-4-6-13(15)16;2*1-9(15)13-7-11-4-3-5-12(6-11)8-14-10(2)16;1-8(10(11)14-4)6-15-7-9(13-3)5-12-2;1-2-9-7-4-5-8(6-7)10(9)3-1;1-6-9(4,5)8(10)11-7(2)3;1-5-7(2,3)6(8)9-4;1-7-4-6(8-2)5-9-3/h14-17H,3-11H2,1-2H3,(H,18,20)(H,19,21);12H,3-11H2,1-2H3,(H,15,16);2*3-6H,7-8H2,1-2H3,(H,13,15)(H,14,16);8-9H,5-7H2,1-4H3;7-10H,1-6H2;7H,6H2,1-5H3;5H2,1-4H3;6H,4-5H2,1-3H3. The molecule has 5 aliphatic carbocycles. The molecule has 0 spiro atoms. The molecule has 128 heavy (non-hydrogen) atoms. The molecule has 0 aliphatic heterocycles. The topological polar surface area (TPSA) is 372 Å². The Morgan fingerprint density at radius 2 is 0.859 bits per heavy atom. The van der Waals surface area contributed by atoms with Gasteiger partial charge in [-0.1, -0.05) is 75.7 Å². The van der Waals surface area contributed by atoms with E-state index in [-0.39, 0.29) is 107 Å². The molecule has 0 radical (unpaired) electrons. The molecule has 31 heteroatoms. The van der Waals surface area contributed by atoms with Crippen LogP contribution in [0, 0.1) is 52.3 Å². The lowest BCUT2D eigenvalue weighted by Gasteiger charge is -2.34. The van der Waals surface area contributed by atoms with Gasteiger partial charge in [0.1, 0.15) is 0 Å². The van der Waals surface area contributed by atoms with Gasteiger partial charge < -0.3 is 84.4 Å². The fourth-order valence-electron chi connectivity index (χ4n) is 14.8. The summed E-state index contributed by atoms with van der Waals surface area (Å²) in [5, 5.41) is 25.5. The Morgan fingerprint density at radius 3 is 1.19 bits per heavy atom. The molecule has 28 nitrogen and oxygen atoms in total. The van der Waals surface area contributed by atoms with Crippen molar-refractivity contribution in [3.8, 4) is 0 Å². The van der Waals surface area contributed by atoms with Gasteiger partial charge in [-0.2, -0.15) is 35.3 Å². The van der Waals surface area contributed by atoms with E-state index in [1.807, 2.05) is 111 Å². The molecule has 7 rings (SSSR count). The van der Waals surface area contributed by atoms with Crippen molar-refractivity contribution < 1.29 is 105 Å². The number of carbonyl (C=O) groups excluding carboxylic acids is 10. The number of methoxy groups -OCH3 is 8. The third-order valence-electron chi connectivity index (χ3n) is 22.8. The molecule has 2 bridgehead atoms. The van der Waals surface area contributed by atoms with Crippen molar-refractivity contribution in [1.29, 1.82) is 0 Å². The summed E-state index contributed by atoms with van der Waals surface area (Å²) in [5.74, 6) is 9.10. The Labute approximate surface area is 782 Å². The van der Waals surface area contributed by atoms with E-state index in [1.165, 1.54) is 97.7 Å². The number of amides is 6. The maximum absolute atomic E-state index is 11.4. The third kappa shape index (κ3) is 63.5. The molecular formula is C97H170N6O22S3. The van der Waals surface area contributed by atoms with E-state index in [9.17, 15) is 52.7 Å². The van der Waals surface area contributed by atoms with Gasteiger partial charge in [-0.15, -0.1) is 0 Å². The normalized spacial score (nSPS) is 18.8. The van der Waals surface area contributed by atoms with Crippen LogP contribution in [0.15, 0.2) is 48.5 Å². The second-order valence-electron chi connectivity index (χ2n) is 35.0. The van der Waals surface area contributed by atoms with Gasteiger partial charge in [-0.25, -0.2) is 0 Å². The SMILES string of the molecule is C1CC2C3CCC(C3)C2C1.CC(=O)NC1CCC(CC2CCC(NC(C)=O)CC2)CC1.CC(=O)NCc1cccc(CNC(C)=O)c1.CC(=O)NCc1cccc(CNC(C)=O)c1.CCC(C)(C)C(=O)OC.CCC(C)(C)C(=O)OC(C)C.COCC(CSC)OC.COCC(CSCC(C)C(=O)OC)OC.COCC(CSCCC(=O)OCCCCCC(=O)O)OC. The van der Waals surface area contributed by atoms with Gasteiger partial charge in [-0.3, -0.25) is 52.7 Å². The molecule has 5 aliphatic rings. The van der Waals surface area contributed by atoms with E-state index in [2.05, 4.69) is 47.6 Å². The van der Waals surface area contributed by atoms with Gasteiger partial charge in [-0.05, 0) is 228 Å². The summed E-state index contributed by atoms with van der Waals surface area (Å²) in [5.41, 5.74) is 3.46. The number of ether oxygens (including phenoxy) is 10. The van der Waals surface area contributed by atoms with E-state index in [1.54, 1.807) is 130 Å². The molecule has 2 aromatic carbocycles. The summed E-state index contributed by atoms with van der Waals surface area (Å²) in [4.78, 5) is 120. The maximum Gasteiger partial charge on any atom is 0.311 e. The summed E-state index contributed by atoms with van der Waals surface area (Å²) in [6.07, 6.45) is 27.2. The number of carboxylic acid groups (broad SMARTS) is 1. The first kappa shape index (κ1) is 123. The van der Waals surface area contributed by atoms with Crippen molar-refractivity contribution in [2.75, 3.05) is 118 Å². The number of fused-ring (bicyclic) bond motifs is 5. The molecule has 2 aromatic rings. The average molecular weight is 1870 g/mol. The molecule has 8 atom stereocenters. The number of unbranched alkanes of at least 4 members (excludes halogenated alkanes) is 2. The molecule has 5 saturated carbocycles. The molecule has 7 N–H and O–H groups in total. The minimum atomic E-state index is -0.785. The minimum Gasteiger partial charge on any atom is -0.481 e. The number of thioether (sulfide) groups is 3. The van der Waals surface area contributed by atoms with E-state index >= 15 is 0 Å². The third-order valence-corrected chi connectivity index (χ3v) is 26.0. The Bertz CT molecular complexity index is 3160. The van der Waals surface area contributed by atoms with Crippen LogP contribution < -0.4 is 31.9 Å². The Hall–Kier alpha value is -6.58. The number of carbonyl (C=O) groups is 11. The predicted molar refractivity (Wildman–Crippen MR) is 514 cm³/mol. The number of aliphatic carboxylic acids is 1. The molecule has 6 amide bonds. The van der Waals surface area contributed by atoms with Gasteiger partial charge in [0.2, 0.25) is 35.4 Å². The van der Waals surface area contributed by atoms with Crippen LogP contribution in [0.1, 0.15) is 267 Å². The van der Waals surface area contributed by atoms with Crippen molar-refractivity contribution in [2.45, 2.75) is 308 Å². The smallest absolute Gasteiger partial charge is 0.311 e. The highest BCUT2D eigenvalue weighted by Gasteiger charge is 2.49. The lowest BCUT2D eigenvalue weighted by Crippen LogP contribution is -2.37. The molecule has 8 unspecified atom stereocenters. The summed E-state index contributed by atoms with van der Waals surface area (Å²) in [6.45, 7) is 30.5. The fraction of sp³-hybridized carbons (Fsp3) is 0.763. The van der Waals surface area contributed by atoms with Crippen LogP contribution >= 0.6 is 35.3 Å². The first-order chi connectivity index (χ1) is 60.7. The Morgan fingerprint density at radius 1 is 0.469 bits per heavy atom. The fourth-order valence-corrected chi connectivity index (χ4v) is 17.5. The van der Waals surface area contributed by atoms with Crippen LogP contribution in [0.2, 0.25) is 0 Å². The Balaban J connectivity index is 0. The van der Waals surface area contributed by atoms with Crippen LogP contribution in [0.25, 0.3) is 0 Å². The molecular weight excluding hydrogens is 1700 g/mol. The largest absolute Gasteiger partial charge is 0.481 e. The number of hydrogen-bond acceptors (Lipinski definition) is 24. The van der Waals surface area contributed by atoms with Gasteiger partial charge in [0.15, 0.2) is 0 Å². The number of nitrogens with one attached hydrogen (secondary N) is 6. The van der Waals surface area contributed by atoms with Crippen LogP contribution in [-0.2, 0) is 126 Å². The molecule has 5 fully saturated rings. The highest BCUT2D eigenvalue weighted by atomic mass is 32.2. The zero-order valence-corrected chi connectivity index (χ0v) is 85.1. The molecule has 738 valence electrons. The zero-order chi connectivity index (χ0) is 97.0. The second kappa shape index (κ2) is 74.9. The number of hydrogen-bond donors (Lipinski definition) is 7. The van der Waals surface area contributed by atoms with Gasteiger partial charge in [0, 0.05) is 158 Å². The molecule has 0 aromatic heterocycles. The predicted octanol–water partition coefficient (Wildman–Crippen LogP) is 15.6. The van der Waals surface area contributed by atoms with Gasteiger partial charge in [0.25, 0.3) is 0 Å². The highest BCUT2D eigenvalue weighted by Crippen LogP contribution is 2.58. The van der Waals surface area contributed by atoms with Crippen LogP contribution in [0.3, 0.4) is 0 Å². The Kier molecular flexibility index (Phi) is 72.2. The summed E-state index contributed by atoms with van der Waals surface area (Å²) in [7, 11) is 12.8. The van der Waals surface area contributed by atoms with Crippen LogP contribution in [-0.4, -0.2) is 225 Å². The van der Waals surface area contributed by atoms with E-state index in [4.69, 9.17) is 43.0 Å². The zero-order valence-electron chi connectivity index (χ0n) is 82.6.